The maximum atomic E-state index is 5.69. The van der Waals surface area contributed by atoms with Crippen molar-refractivity contribution in [3.8, 4) is 17.0 Å². The summed E-state index contributed by atoms with van der Waals surface area (Å²) >= 11 is 0. The molecular weight excluding hydrogens is 250 g/mol. The molecule has 0 amide bonds. The number of benzene rings is 1. The molecule has 0 saturated carbocycles. The van der Waals surface area contributed by atoms with E-state index in [2.05, 4.69) is 48.4 Å². The summed E-state index contributed by atoms with van der Waals surface area (Å²) in [6.45, 7) is 8.79. The van der Waals surface area contributed by atoms with E-state index < -0.39 is 0 Å². The van der Waals surface area contributed by atoms with Gasteiger partial charge < -0.3 is 10.1 Å². The highest BCUT2D eigenvalue weighted by atomic mass is 16.5. The van der Waals surface area contributed by atoms with Gasteiger partial charge in [0.1, 0.15) is 5.75 Å². The first-order valence-corrected chi connectivity index (χ1v) is 7.24. The molecule has 0 saturated heterocycles. The van der Waals surface area contributed by atoms with E-state index in [9.17, 15) is 0 Å². The maximum Gasteiger partial charge on any atom is 0.119 e. The van der Waals surface area contributed by atoms with Gasteiger partial charge in [0, 0.05) is 23.4 Å². The van der Waals surface area contributed by atoms with Crippen LogP contribution in [0.2, 0.25) is 0 Å². The summed E-state index contributed by atoms with van der Waals surface area (Å²) in [6.07, 6.45) is 1.01. The average Bonchev–Trinajstić information content (AvgIpc) is 2.84. The second-order valence-corrected chi connectivity index (χ2v) is 4.83. The molecular formula is C16H23N3O. The molecule has 0 radical (unpaired) electrons. The maximum absolute atomic E-state index is 5.69. The Balaban J connectivity index is 2.26. The van der Waals surface area contributed by atoms with Gasteiger partial charge in [-0.1, -0.05) is 26.0 Å². The van der Waals surface area contributed by atoms with Crippen LogP contribution in [-0.4, -0.2) is 23.3 Å². The van der Waals surface area contributed by atoms with Gasteiger partial charge >= 0.3 is 0 Å². The molecule has 2 rings (SSSR count). The van der Waals surface area contributed by atoms with Crippen LogP contribution in [0.15, 0.2) is 24.3 Å². The van der Waals surface area contributed by atoms with Crippen molar-refractivity contribution < 1.29 is 4.74 Å². The van der Waals surface area contributed by atoms with Crippen LogP contribution in [0.25, 0.3) is 11.3 Å². The number of aryl methyl sites for hydroxylation is 1. The van der Waals surface area contributed by atoms with E-state index in [-0.39, 0.29) is 0 Å². The smallest absolute Gasteiger partial charge is 0.119 e. The number of rotatable bonds is 7. The zero-order valence-corrected chi connectivity index (χ0v) is 12.5. The van der Waals surface area contributed by atoms with Crippen LogP contribution < -0.4 is 10.1 Å². The molecule has 2 aromatic rings. The third-order valence-corrected chi connectivity index (χ3v) is 3.21. The molecule has 0 aliphatic heterocycles. The Hall–Kier alpha value is -1.81. The normalized spacial score (nSPS) is 10.8. The van der Waals surface area contributed by atoms with Crippen LogP contribution >= 0.6 is 0 Å². The minimum Gasteiger partial charge on any atom is -0.494 e. The molecule has 1 heterocycles. The molecule has 1 aromatic carbocycles. The van der Waals surface area contributed by atoms with Crippen molar-refractivity contribution in [2.75, 3.05) is 13.2 Å². The Morgan fingerprint density at radius 1 is 1.30 bits per heavy atom. The van der Waals surface area contributed by atoms with Crippen molar-refractivity contribution in [1.29, 1.82) is 0 Å². The largest absolute Gasteiger partial charge is 0.494 e. The number of nitrogens with zero attached hydrogens (tertiary/aromatic N) is 1. The lowest BCUT2D eigenvalue weighted by molar-refractivity contribution is 0.317. The Labute approximate surface area is 120 Å². The number of ether oxygens (including phenoxy) is 1. The number of aromatic nitrogens is 2. The van der Waals surface area contributed by atoms with E-state index in [0.29, 0.717) is 0 Å². The van der Waals surface area contributed by atoms with Crippen molar-refractivity contribution in [2.45, 2.75) is 33.7 Å². The summed E-state index contributed by atoms with van der Waals surface area (Å²) in [6, 6.07) is 8.13. The quantitative estimate of drug-likeness (QED) is 0.814. The van der Waals surface area contributed by atoms with Crippen molar-refractivity contribution in [1.82, 2.24) is 15.5 Å². The van der Waals surface area contributed by atoms with Gasteiger partial charge in [-0.05, 0) is 32.0 Å². The fourth-order valence-corrected chi connectivity index (χ4v) is 2.11. The first kappa shape index (κ1) is 14.6. The van der Waals surface area contributed by atoms with E-state index in [1.807, 2.05) is 12.1 Å². The lowest BCUT2D eigenvalue weighted by atomic mass is 10.1. The topological polar surface area (TPSA) is 49.9 Å². The Morgan fingerprint density at radius 2 is 2.15 bits per heavy atom. The molecule has 1 aromatic heterocycles. The number of H-pyrrole nitrogens is 1. The predicted molar refractivity (Wildman–Crippen MR) is 81.9 cm³/mol. The molecule has 20 heavy (non-hydrogen) atoms. The molecule has 0 spiro atoms. The average molecular weight is 273 g/mol. The van der Waals surface area contributed by atoms with Crippen molar-refractivity contribution in [2.24, 2.45) is 0 Å². The molecule has 0 aliphatic rings. The van der Waals surface area contributed by atoms with E-state index >= 15 is 0 Å². The highest BCUT2D eigenvalue weighted by molar-refractivity contribution is 5.65. The van der Waals surface area contributed by atoms with Gasteiger partial charge in [-0.25, -0.2) is 0 Å². The number of nitrogens with one attached hydrogen (secondary N) is 2. The summed E-state index contributed by atoms with van der Waals surface area (Å²) in [5, 5.41) is 10.9. The zero-order chi connectivity index (χ0) is 14.4. The molecule has 0 atom stereocenters. The highest BCUT2D eigenvalue weighted by Crippen LogP contribution is 2.26. The molecule has 0 bridgehead atoms. The van der Waals surface area contributed by atoms with Crippen LogP contribution in [0, 0.1) is 6.92 Å². The van der Waals surface area contributed by atoms with Gasteiger partial charge in [0.2, 0.25) is 0 Å². The minimum atomic E-state index is 0.743. The summed E-state index contributed by atoms with van der Waals surface area (Å²) in [5.41, 5.74) is 4.43. The third-order valence-electron chi connectivity index (χ3n) is 3.21. The predicted octanol–water partition coefficient (Wildman–Crippen LogP) is 3.28. The number of aromatic amines is 1. The van der Waals surface area contributed by atoms with Gasteiger partial charge in [0.05, 0.1) is 12.3 Å². The van der Waals surface area contributed by atoms with Crippen LogP contribution in [0.4, 0.5) is 0 Å². The molecule has 4 nitrogen and oxygen atoms in total. The second-order valence-electron chi connectivity index (χ2n) is 4.83. The van der Waals surface area contributed by atoms with Gasteiger partial charge in [-0.2, -0.15) is 5.10 Å². The van der Waals surface area contributed by atoms with Crippen molar-refractivity contribution in [3.05, 3.63) is 35.5 Å². The minimum absolute atomic E-state index is 0.743. The van der Waals surface area contributed by atoms with Gasteiger partial charge in [-0.3, -0.25) is 5.10 Å². The van der Waals surface area contributed by atoms with Crippen molar-refractivity contribution >= 4 is 0 Å². The van der Waals surface area contributed by atoms with Crippen LogP contribution in [0.3, 0.4) is 0 Å². The van der Waals surface area contributed by atoms with E-state index in [1.54, 1.807) is 0 Å². The first-order chi connectivity index (χ1) is 9.76. The highest BCUT2D eigenvalue weighted by Gasteiger charge is 2.12. The lowest BCUT2D eigenvalue weighted by Crippen LogP contribution is -2.12. The van der Waals surface area contributed by atoms with Gasteiger partial charge in [0.15, 0.2) is 0 Å². The second kappa shape index (κ2) is 7.10. The lowest BCUT2D eigenvalue weighted by Gasteiger charge is -2.08. The number of hydrogen-bond donors (Lipinski definition) is 2. The monoisotopic (exact) mass is 273 g/mol. The molecule has 0 fully saturated rings. The SMILES string of the molecule is CCCOc1cccc(-c2n[nH]c(C)c2CNCC)c1. The summed E-state index contributed by atoms with van der Waals surface area (Å²) < 4.78 is 5.69. The molecule has 4 heteroatoms. The van der Waals surface area contributed by atoms with Gasteiger partial charge in [0.25, 0.3) is 0 Å². The number of hydrogen-bond acceptors (Lipinski definition) is 3. The third kappa shape index (κ3) is 3.39. The summed E-state index contributed by atoms with van der Waals surface area (Å²) in [5.74, 6) is 0.902. The Bertz CT molecular complexity index is 548. The fourth-order valence-electron chi connectivity index (χ4n) is 2.11. The van der Waals surface area contributed by atoms with Crippen molar-refractivity contribution in [3.63, 3.8) is 0 Å². The Kier molecular flexibility index (Phi) is 5.18. The van der Waals surface area contributed by atoms with E-state index in [4.69, 9.17) is 4.74 Å². The summed E-state index contributed by atoms with van der Waals surface area (Å²) in [4.78, 5) is 0. The van der Waals surface area contributed by atoms with Crippen LogP contribution in [-0.2, 0) is 6.54 Å². The van der Waals surface area contributed by atoms with Crippen LogP contribution in [0.1, 0.15) is 31.5 Å². The first-order valence-electron chi connectivity index (χ1n) is 7.24. The fraction of sp³-hybridized carbons (Fsp3) is 0.438. The molecule has 0 unspecified atom stereocenters. The zero-order valence-electron chi connectivity index (χ0n) is 12.5. The van der Waals surface area contributed by atoms with Gasteiger partial charge in [-0.15, -0.1) is 0 Å². The molecule has 108 valence electrons. The van der Waals surface area contributed by atoms with E-state index in [0.717, 1.165) is 48.8 Å². The van der Waals surface area contributed by atoms with Crippen LogP contribution in [0.5, 0.6) is 5.75 Å². The summed E-state index contributed by atoms with van der Waals surface area (Å²) in [7, 11) is 0. The standard InChI is InChI=1S/C16H23N3O/c1-4-9-20-14-8-6-7-13(10-14)16-15(11-17-5-2)12(3)18-19-16/h6-8,10,17H,4-5,9,11H2,1-3H3,(H,18,19). The Morgan fingerprint density at radius 3 is 2.90 bits per heavy atom. The van der Waals surface area contributed by atoms with E-state index in [1.165, 1.54) is 5.56 Å². The molecule has 0 aliphatic carbocycles. The molecule has 2 N–H and O–H groups in total.